The lowest BCUT2D eigenvalue weighted by atomic mass is 9.84. The van der Waals surface area contributed by atoms with Crippen LogP contribution in [0.2, 0.25) is 0 Å². The quantitative estimate of drug-likeness (QED) is 0.851. The molecule has 2 aliphatic rings. The molecule has 1 aromatic rings. The number of hydrogen-bond donors (Lipinski definition) is 1. The summed E-state index contributed by atoms with van der Waals surface area (Å²) in [5, 5.41) is 3.79. The molecule has 0 amide bonds. The van der Waals surface area contributed by atoms with E-state index in [2.05, 4.69) is 44.3 Å². The summed E-state index contributed by atoms with van der Waals surface area (Å²) >= 11 is 0. The van der Waals surface area contributed by atoms with Crippen molar-refractivity contribution in [3.05, 3.63) is 34.9 Å². The van der Waals surface area contributed by atoms with Crippen LogP contribution in [0.5, 0.6) is 0 Å². The molecule has 1 aromatic carbocycles. The maximum Gasteiger partial charge on any atom is 0.0210 e. The smallest absolute Gasteiger partial charge is 0.0210 e. The van der Waals surface area contributed by atoms with Gasteiger partial charge in [-0.05, 0) is 68.9 Å². The number of rotatable bonds is 4. The summed E-state index contributed by atoms with van der Waals surface area (Å²) in [4.78, 5) is 0. The average molecular weight is 257 g/mol. The molecule has 0 saturated heterocycles. The third-order valence-electron chi connectivity index (χ3n) is 5.55. The summed E-state index contributed by atoms with van der Waals surface area (Å²) in [6, 6.07) is 7.46. The molecule has 2 saturated carbocycles. The fraction of sp³-hybridized carbons (Fsp3) is 0.667. The second-order valence-corrected chi connectivity index (χ2v) is 6.94. The maximum absolute atomic E-state index is 3.79. The van der Waals surface area contributed by atoms with Crippen LogP contribution in [0.1, 0.15) is 49.3 Å². The van der Waals surface area contributed by atoms with Gasteiger partial charge in [0.1, 0.15) is 0 Å². The van der Waals surface area contributed by atoms with Gasteiger partial charge in [-0.1, -0.05) is 30.2 Å². The molecule has 1 heteroatoms. The molecule has 0 radical (unpaired) electrons. The zero-order valence-electron chi connectivity index (χ0n) is 12.6. The summed E-state index contributed by atoms with van der Waals surface area (Å²) in [7, 11) is 0. The molecule has 2 bridgehead atoms. The van der Waals surface area contributed by atoms with E-state index in [9.17, 15) is 0 Å². The first-order chi connectivity index (χ1) is 9.13. The molecule has 2 aliphatic carbocycles. The lowest BCUT2D eigenvalue weighted by Gasteiger charge is -2.29. The maximum atomic E-state index is 3.79. The average Bonchev–Trinajstić information content (AvgIpc) is 3.02. The van der Waals surface area contributed by atoms with Crippen molar-refractivity contribution in [3.8, 4) is 0 Å². The highest BCUT2D eigenvalue weighted by Crippen LogP contribution is 2.49. The number of benzene rings is 1. The van der Waals surface area contributed by atoms with Gasteiger partial charge < -0.3 is 5.32 Å². The number of fused-ring (bicyclic) bond motifs is 2. The molecular weight excluding hydrogens is 230 g/mol. The topological polar surface area (TPSA) is 12.0 Å². The SMILES string of the molecule is Cc1ccc(C)c(CN[C@H](C)[C@H]2C[C@@H]3CC[C@@H]2C3)c1. The molecule has 3 rings (SSSR count). The summed E-state index contributed by atoms with van der Waals surface area (Å²) in [5.74, 6) is 3.01. The van der Waals surface area contributed by atoms with Gasteiger partial charge in [-0.25, -0.2) is 0 Å². The van der Waals surface area contributed by atoms with Crippen molar-refractivity contribution in [3.63, 3.8) is 0 Å². The van der Waals surface area contributed by atoms with Crippen LogP contribution in [0.3, 0.4) is 0 Å². The van der Waals surface area contributed by atoms with Crippen molar-refractivity contribution in [2.45, 2.75) is 59.0 Å². The molecule has 0 spiro atoms. The minimum absolute atomic E-state index is 0.676. The normalized spacial score (nSPS) is 30.8. The first kappa shape index (κ1) is 13.2. The first-order valence-electron chi connectivity index (χ1n) is 7.93. The lowest BCUT2D eigenvalue weighted by Crippen LogP contribution is -2.36. The van der Waals surface area contributed by atoms with Crippen molar-refractivity contribution >= 4 is 0 Å². The number of hydrogen-bond acceptors (Lipinski definition) is 1. The minimum atomic E-state index is 0.676. The van der Waals surface area contributed by atoms with E-state index >= 15 is 0 Å². The van der Waals surface area contributed by atoms with Crippen molar-refractivity contribution in [2.75, 3.05) is 0 Å². The Morgan fingerprint density at radius 2 is 2.05 bits per heavy atom. The molecule has 0 aliphatic heterocycles. The molecule has 19 heavy (non-hydrogen) atoms. The van der Waals surface area contributed by atoms with Crippen LogP contribution >= 0.6 is 0 Å². The Hall–Kier alpha value is -0.820. The van der Waals surface area contributed by atoms with Gasteiger partial charge in [-0.2, -0.15) is 0 Å². The van der Waals surface area contributed by atoms with Gasteiger partial charge in [0, 0.05) is 12.6 Å². The van der Waals surface area contributed by atoms with Gasteiger partial charge in [0.2, 0.25) is 0 Å². The molecular formula is C18H27N. The van der Waals surface area contributed by atoms with Crippen LogP contribution in [0.25, 0.3) is 0 Å². The first-order valence-corrected chi connectivity index (χ1v) is 7.93. The molecule has 0 heterocycles. The summed E-state index contributed by atoms with van der Waals surface area (Å²) in [6.45, 7) is 7.83. The van der Waals surface area contributed by atoms with Crippen molar-refractivity contribution in [2.24, 2.45) is 17.8 Å². The van der Waals surface area contributed by atoms with Gasteiger partial charge in [0.15, 0.2) is 0 Å². The Labute approximate surface area is 117 Å². The van der Waals surface area contributed by atoms with E-state index in [4.69, 9.17) is 0 Å². The third kappa shape index (κ3) is 2.72. The molecule has 2 fully saturated rings. The standard InChI is InChI=1S/C18H27N/c1-12-4-5-13(2)17(8-12)11-19-14(3)18-10-15-6-7-16(18)9-15/h4-5,8,14-16,18-19H,6-7,9-11H2,1-3H3/t14-,15-,16-,18-/m1/s1. The molecule has 0 aromatic heterocycles. The van der Waals surface area contributed by atoms with Crippen LogP contribution in [0.15, 0.2) is 18.2 Å². The Morgan fingerprint density at radius 3 is 2.74 bits per heavy atom. The molecule has 0 unspecified atom stereocenters. The number of aryl methyl sites for hydroxylation is 2. The Morgan fingerprint density at radius 1 is 1.21 bits per heavy atom. The van der Waals surface area contributed by atoms with Gasteiger partial charge in [0.25, 0.3) is 0 Å². The molecule has 1 N–H and O–H groups in total. The van der Waals surface area contributed by atoms with Crippen LogP contribution in [0, 0.1) is 31.6 Å². The Balaban J connectivity index is 1.58. The lowest BCUT2D eigenvalue weighted by molar-refractivity contribution is 0.259. The Kier molecular flexibility index (Phi) is 3.66. The van der Waals surface area contributed by atoms with E-state index in [1.165, 1.54) is 42.4 Å². The highest BCUT2D eigenvalue weighted by molar-refractivity contribution is 5.30. The van der Waals surface area contributed by atoms with E-state index in [0.29, 0.717) is 6.04 Å². The van der Waals surface area contributed by atoms with Gasteiger partial charge >= 0.3 is 0 Å². The monoisotopic (exact) mass is 257 g/mol. The van der Waals surface area contributed by atoms with E-state index in [1.54, 1.807) is 0 Å². The van der Waals surface area contributed by atoms with E-state index < -0.39 is 0 Å². The largest absolute Gasteiger partial charge is 0.310 e. The van der Waals surface area contributed by atoms with Crippen molar-refractivity contribution in [1.29, 1.82) is 0 Å². The summed E-state index contributed by atoms with van der Waals surface area (Å²) in [6.07, 6.45) is 5.99. The minimum Gasteiger partial charge on any atom is -0.310 e. The molecule has 104 valence electrons. The van der Waals surface area contributed by atoms with E-state index in [1.807, 2.05) is 0 Å². The predicted octanol–water partition coefficient (Wildman–Crippen LogP) is 4.22. The zero-order chi connectivity index (χ0) is 13.4. The van der Waals surface area contributed by atoms with Gasteiger partial charge in [-0.15, -0.1) is 0 Å². The highest BCUT2D eigenvalue weighted by Gasteiger charge is 2.41. The van der Waals surface area contributed by atoms with Crippen molar-refractivity contribution in [1.82, 2.24) is 5.32 Å². The van der Waals surface area contributed by atoms with E-state index in [0.717, 1.165) is 24.3 Å². The number of nitrogens with one attached hydrogen (secondary N) is 1. The van der Waals surface area contributed by atoms with Gasteiger partial charge in [-0.3, -0.25) is 0 Å². The van der Waals surface area contributed by atoms with Crippen molar-refractivity contribution < 1.29 is 0 Å². The predicted molar refractivity (Wildman–Crippen MR) is 81.2 cm³/mol. The third-order valence-corrected chi connectivity index (χ3v) is 5.55. The van der Waals surface area contributed by atoms with Crippen LogP contribution in [0.4, 0.5) is 0 Å². The molecule has 1 nitrogen and oxygen atoms in total. The van der Waals surface area contributed by atoms with Crippen LogP contribution < -0.4 is 5.32 Å². The summed E-state index contributed by atoms with van der Waals surface area (Å²) in [5.41, 5.74) is 4.25. The second-order valence-electron chi connectivity index (χ2n) is 6.94. The molecule has 4 atom stereocenters. The fourth-order valence-electron chi connectivity index (χ4n) is 4.32. The van der Waals surface area contributed by atoms with E-state index in [-0.39, 0.29) is 0 Å². The fourth-order valence-corrected chi connectivity index (χ4v) is 4.32. The second kappa shape index (κ2) is 5.28. The summed E-state index contributed by atoms with van der Waals surface area (Å²) < 4.78 is 0. The highest BCUT2D eigenvalue weighted by atomic mass is 14.9. The van der Waals surface area contributed by atoms with Crippen LogP contribution in [-0.4, -0.2) is 6.04 Å². The van der Waals surface area contributed by atoms with Crippen LogP contribution in [-0.2, 0) is 6.54 Å². The Bertz CT molecular complexity index is 451. The van der Waals surface area contributed by atoms with Gasteiger partial charge in [0.05, 0.1) is 0 Å². The zero-order valence-corrected chi connectivity index (χ0v) is 12.6.